The Morgan fingerprint density at radius 2 is 1.86 bits per heavy atom. The molecule has 1 aromatic carbocycles. The normalized spacial score (nSPS) is 13.6. The van der Waals surface area contributed by atoms with Gasteiger partial charge in [-0.1, -0.05) is 35.5 Å². The van der Waals surface area contributed by atoms with Gasteiger partial charge in [-0.15, -0.1) is 0 Å². The molecule has 10 heteroatoms. The Hall–Kier alpha value is -2.72. The summed E-state index contributed by atoms with van der Waals surface area (Å²) in [6, 6.07) is 7.11. The van der Waals surface area contributed by atoms with E-state index >= 15 is 0 Å². The Morgan fingerprint density at radius 1 is 1.21 bits per heavy atom. The van der Waals surface area contributed by atoms with Crippen molar-refractivity contribution in [3.05, 3.63) is 47.3 Å². The van der Waals surface area contributed by atoms with Crippen LogP contribution in [-0.4, -0.2) is 38.6 Å². The van der Waals surface area contributed by atoms with Gasteiger partial charge in [0.1, 0.15) is 10.6 Å². The number of benzene rings is 1. The fraction of sp³-hybridized carbons (Fsp3) is 0.389. The molecule has 0 bridgehead atoms. The van der Waals surface area contributed by atoms with Crippen LogP contribution in [0.5, 0.6) is 0 Å². The number of aryl methyl sites for hydroxylation is 2. The first-order chi connectivity index (χ1) is 13.2. The highest BCUT2D eigenvalue weighted by Crippen LogP contribution is 2.20. The lowest BCUT2D eigenvalue weighted by Crippen LogP contribution is -2.46. The number of sulfonamides is 1. The molecule has 1 amide bonds. The molecule has 2 aromatic rings. The van der Waals surface area contributed by atoms with Crippen molar-refractivity contribution in [3.63, 3.8) is 0 Å². The van der Waals surface area contributed by atoms with Gasteiger partial charge in [0, 0.05) is 0 Å². The number of rotatable bonds is 8. The summed E-state index contributed by atoms with van der Waals surface area (Å²) in [5.41, 5.74) is 0.896. The van der Waals surface area contributed by atoms with Gasteiger partial charge in [-0.05, 0) is 26.3 Å². The van der Waals surface area contributed by atoms with E-state index in [-0.39, 0.29) is 22.8 Å². The highest BCUT2D eigenvalue weighted by atomic mass is 32.2. The summed E-state index contributed by atoms with van der Waals surface area (Å²) < 4.78 is 37.0. The van der Waals surface area contributed by atoms with Crippen molar-refractivity contribution in [2.45, 2.75) is 44.2 Å². The van der Waals surface area contributed by atoms with Crippen LogP contribution in [0.2, 0.25) is 0 Å². The lowest BCUT2D eigenvalue weighted by Gasteiger charge is -2.21. The highest BCUT2D eigenvalue weighted by molar-refractivity contribution is 7.89. The maximum atomic E-state index is 12.6. The summed E-state index contributed by atoms with van der Waals surface area (Å²) in [6.07, 6.45) is -0.0877. The zero-order valence-corrected chi connectivity index (χ0v) is 16.9. The number of methoxy groups -OCH3 is 1. The van der Waals surface area contributed by atoms with E-state index in [1.165, 1.54) is 27.9 Å². The molecule has 0 radical (unpaired) electrons. The van der Waals surface area contributed by atoms with Crippen LogP contribution < -0.4 is 10.0 Å². The van der Waals surface area contributed by atoms with E-state index in [9.17, 15) is 18.0 Å². The van der Waals surface area contributed by atoms with Gasteiger partial charge in [-0.3, -0.25) is 9.59 Å². The van der Waals surface area contributed by atoms with Crippen molar-refractivity contribution >= 4 is 21.9 Å². The number of hydrogen-bond donors (Lipinski definition) is 2. The molecule has 0 aliphatic rings. The SMILES string of the molecule is COC(=O)CC(NC(=O)[C@H](C)NS(=O)(=O)c1c(C)noc1C)c1ccccc1. The van der Waals surface area contributed by atoms with E-state index in [1.807, 2.05) is 0 Å². The van der Waals surface area contributed by atoms with Crippen LogP contribution in [0.15, 0.2) is 39.8 Å². The summed E-state index contributed by atoms with van der Waals surface area (Å²) >= 11 is 0. The number of aromatic nitrogens is 1. The zero-order chi connectivity index (χ0) is 20.9. The molecule has 0 saturated heterocycles. The van der Waals surface area contributed by atoms with Crippen molar-refractivity contribution in [3.8, 4) is 0 Å². The van der Waals surface area contributed by atoms with Crippen LogP contribution in [0.1, 0.15) is 36.4 Å². The van der Waals surface area contributed by atoms with Crippen LogP contribution in [0, 0.1) is 13.8 Å². The average molecular weight is 409 g/mol. The first kappa shape index (κ1) is 21.6. The third-order valence-corrected chi connectivity index (χ3v) is 5.86. The lowest BCUT2D eigenvalue weighted by molar-refractivity contribution is -0.141. The van der Waals surface area contributed by atoms with E-state index in [2.05, 4.69) is 19.9 Å². The standard InChI is InChI=1S/C18H23N3O6S/c1-11-17(13(3)27-20-11)28(24,25)21-12(2)18(23)19-15(10-16(22)26-4)14-8-6-5-7-9-14/h5-9,12,15,21H,10H2,1-4H3,(H,19,23)/t12-,15?/m0/s1. The van der Waals surface area contributed by atoms with Gasteiger partial charge in [0.2, 0.25) is 15.9 Å². The number of hydrogen-bond acceptors (Lipinski definition) is 7. The Kier molecular flexibility index (Phi) is 6.92. The van der Waals surface area contributed by atoms with E-state index in [0.29, 0.717) is 5.56 Å². The zero-order valence-electron chi connectivity index (χ0n) is 16.1. The minimum absolute atomic E-state index is 0.0877. The molecule has 28 heavy (non-hydrogen) atoms. The average Bonchev–Trinajstić information content (AvgIpc) is 3.00. The minimum Gasteiger partial charge on any atom is -0.469 e. The molecule has 0 aliphatic carbocycles. The van der Waals surface area contributed by atoms with Gasteiger partial charge in [0.25, 0.3) is 0 Å². The molecule has 2 rings (SSSR count). The van der Waals surface area contributed by atoms with Gasteiger partial charge in [-0.2, -0.15) is 4.72 Å². The third-order valence-electron chi connectivity index (χ3n) is 4.08. The topological polar surface area (TPSA) is 128 Å². The fourth-order valence-corrected chi connectivity index (χ4v) is 4.22. The second-order valence-corrected chi connectivity index (χ2v) is 7.90. The Bertz CT molecular complexity index is 920. The molecule has 1 unspecified atom stereocenters. The molecule has 0 saturated carbocycles. The molecule has 1 aromatic heterocycles. The molecule has 152 valence electrons. The van der Waals surface area contributed by atoms with E-state index in [0.717, 1.165) is 0 Å². The first-order valence-corrected chi connectivity index (χ1v) is 10.0. The summed E-state index contributed by atoms with van der Waals surface area (Å²) in [5.74, 6) is -0.961. The number of carbonyl (C=O) groups is 2. The van der Waals surface area contributed by atoms with E-state index < -0.39 is 34.0 Å². The molecule has 0 spiro atoms. The molecule has 2 N–H and O–H groups in total. The van der Waals surface area contributed by atoms with Crippen molar-refractivity contribution in [1.29, 1.82) is 0 Å². The number of esters is 1. The summed E-state index contributed by atoms with van der Waals surface area (Å²) in [6.45, 7) is 4.38. The van der Waals surface area contributed by atoms with Crippen molar-refractivity contribution in [2.75, 3.05) is 7.11 Å². The first-order valence-electron chi connectivity index (χ1n) is 8.53. The van der Waals surface area contributed by atoms with Crippen LogP contribution in [0.4, 0.5) is 0 Å². The molecule has 0 aliphatic heterocycles. The number of amides is 1. The highest BCUT2D eigenvalue weighted by Gasteiger charge is 2.29. The van der Waals surface area contributed by atoms with Gasteiger partial charge in [-0.25, -0.2) is 8.42 Å². The molecular formula is C18H23N3O6S. The second kappa shape index (κ2) is 8.98. The quantitative estimate of drug-likeness (QED) is 0.630. The summed E-state index contributed by atoms with van der Waals surface area (Å²) in [7, 11) is -2.75. The van der Waals surface area contributed by atoms with E-state index in [4.69, 9.17) is 4.52 Å². The molecule has 2 atom stereocenters. The van der Waals surface area contributed by atoms with Crippen molar-refractivity contribution in [2.24, 2.45) is 0 Å². The fourth-order valence-electron chi connectivity index (χ4n) is 2.69. The van der Waals surface area contributed by atoms with Crippen LogP contribution >= 0.6 is 0 Å². The molecule has 9 nitrogen and oxygen atoms in total. The van der Waals surface area contributed by atoms with Crippen LogP contribution in [0.25, 0.3) is 0 Å². The Morgan fingerprint density at radius 3 is 2.39 bits per heavy atom. The second-order valence-electron chi connectivity index (χ2n) is 6.25. The van der Waals surface area contributed by atoms with Gasteiger partial charge >= 0.3 is 5.97 Å². The molecule has 0 fully saturated rings. The predicted molar refractivity (Wildman–Crippen MR) is 99.7 cm³/mol. The number of nitrogens with zero attached hydrogens (tertiary/aromatic N) is 1. The number of ether oxygens (including phenoxy) is 1. The summed E-state index contributed by atoms with van der Waals surface area (Å²) in [4.78, 5) is 24.2. The number of carbonyl (C=O) groups excluding carboxylic acids is 2. The Labute approximate surface area is 163 Å². The smallest absolute Gasteiger partial charge is 0.307 e. The van der Waals surface area contributed by atoms with E-state index in [1.54, 1.807) is 30.3 Å². The maximum absolute atomic E-state index is 12.6. The van der Waals surface area contributed by atoms with Crippen molar-refractivity contribution in [1.82, 2.24) is 15.2 Å². The number of nitrogens with one attached hydrogen (secondary N) is 2. The monoisotopic (exact) mass is 409 g/mol. The largest absolute Gasteiger partial charge is 0.469 e. The van der Waals surface area contributed by atoms with Crippen LogP contribution in [-0.2, 0) is 24.3 Å². The lowest BCUT2D eigenvalue weighted by atomic mass is 10.0. The van der Waals surface area contributed by atoms with Gasteiger partial charge < -0.3 is 14.6 Å². The molecule has 1 heterocycles. The van der Waals surface area contributed by atoms with Gasteiger partial charge in [0.05, 0.1) is 25.6 Å². The van der Waals surface area contributed by atoms with Gasteiger partial charge in [0.15, 0.2) is 5.76 Å². The predicted octanol–water partition coefficient (Wildman–Crippen LogP) is 1.38. The van der Waals surface area contributed by atoms with Crippen molar-refractivity contribution < 1.29 is 27.3 Å². The van der Waals surface area contributed by atoms with Crippen LogP contribution in [0.3, 0.4) is 0 Å². The molecular weight excluding hydrogens is 386 g/mol. The third kappa shape index (κ3) is 5.17. The maximum Gasteiger partial charge on any atom is 0.307 e. The summed E-state index contributed by atoms with van der Waals surface area (Å²) in [5, 5.41) is 6.31. The minimum atomic E-state index is -4.01. The Balaban J connectivity index is 2.15.